The Balaban J connectivity index is 1.59. The highest BCUT2D eigenvalue weighted by Gasteiger charge is 2.38. The molecule has 0 saturated carbocycles. The average Bonchev–Trinajstić information content (AvgIpc) is 2.71. The third-order valence-corrected chi connectivity index (χ3v) is 7.78. The van der Waals surface area contributed by atoms with Crippen molar-refractivity contribution in [1.29, 1.82) is 0 Å². The largest absolute Gasteiger partial charge is 0.497 e. The zero-order valence-electron chi connectivity index (χ0n) is 17.6. The predicted octanol–water partition coefficient (Wildman–Crippen LogP) is 2.25. The maximum absolute atomic E-state index is 13.2. The zero-order valence-corrected chi connectivity index (χ0v) is 18.5. The normalized spacial score (nSPS) is 26.8. The number of rotatable bonds is 6. The van der Waals surface area contributed by atoms with Crippen LogP contribution in [0.25, 0.3) is 0 Å². The molecule has 2 saturated heterocycles. The SMILES string of the molecule is COc1cccc(CNC(=O)[C@@H]2CCCN(S(=O)(=O)N3C[C@H](C)C[C@@H](C)C3)C2)c1. The number of ether oxygens (including phenoxy) is 1. The van der Waals surface area contributed by atoms with E-state index in [4.69, 9.17) is 4.74 Å². The maximum atomic E-state index is 13.2. The lowest BCUT2D eigenvalue weighted by Gasteiger charge is -2.39. The van der Waals surface area contributed by atoms with E-state index in [0.717, 1.165) is 17.7 Å². The minimum absolute atomic E-state index is 0.0897. The third kappa shape index (κ3) is 5.49. The standard InChI is InChI=1S/C21H33N3O4S/c1-16-10-17(2)14-24(13-16)29(26,27)23-9-5-7-19(15-23)21(25)22-12-18-6-4-8-20(11-18)28-3/h4,6,8,11,16-17,19H,5,7,9-10,12-15H2,1-3H3,(H,22,25)/t16-,17-,19-/m1/s1. The number of benzene rings is 1. The van der Waals surface area contributed by atoms with E-state index in [1.807, 2.05) is 24.3 Å². The number of nitrogens with zero attached hydrogens (tertiary/aromatic N) is 2. The summed E-state index contributed by atoms with van der Waals surface area (Å²) in [5, 5.41) is 2.96. The predicted molar refractivity (Wildman–Crippen MR) is 113 cm³/mol. The second kappa shape index (κ2) is 9.45. The van der Waals surface area contributed by atoms with Crippen LogP contribution in [0.4, 0.5) is 0 Å². The van der Waals surface area contributed by atoms with Gasteiger partial charge in [-0.05, 0) is 48.8 Å². The van der Waals surface area contributed by atoms with Crippen molar-refractivity contribution >= 4 is 16.1 Å². The van der Waals surface area contributed by atoms with Crippen LogP contribution in [0, 0.1) is 17.8 Å². The molecule has 3 atom stereocenters. The van der Waals surface area contributed by atoms with Crippen molar-refractivity contribution in [1.82, 2.24) is 13.9 Å². The Hall–Kier alpha value is -1.64. The van der Waals surface area contributed by atoms with Crippen molar-refractivity contribution in [3.05, 3.63) is 29.8 Å². The summed E-state index contributed by atoms with van der Waals surface area (Å²) in [6.07, 6.45) is 2.47. The first-order valence-corrected chi connectivity index (χ1v) is 11.8. The highest BCUT2D eigenvalue weighted by Crippen LogP contribution is 2.27. The number of nitrogens with one attached hydrogen (secondary N) is 1. The van der Waals surface area contributed by atoms with Crippen LogP contribution >= 0.6 is 0 Å². The molecule has 2 heterocycles. The van der Waals surface area contributed by atoms with Gasteiger partial charge in [0.1, 0.15) is 5.75 Å². The minimum atomic E-state index is -3.52. The average molecular weight is 424 g/mol. The van der Waals surface area contributed by atoms with E-state index in [0.29, 0.717) is 50.9 Å². The lowest BCUT2D eigenvalue weighted by molar-refractivity contribution is -0.126. The lowest BCUT2D eigenvalue weighted by atomic mass is 9.94. The van der Waals surface area contributed by atoms with Gasteiger partial charge in [-0.2, -0.15) is 17.0 Å². The van der Waals surface area contributed by atoms with Gasteiger partial charge in [0.05, 0.1) is 13.0 Å². The number of carbonyl (C=O) groups excluding carboxylic acids is 1. The summed E-state index contributed by atoms with van der Waals surface area (Å²) in [5.41, 5.74) is 0.953. The van der Waals surface area contributed by atoms with Gasteiger partial charge >= 0.3 is 0 Å². The Bertz CT molecular complexity index is 804. The second-order valence-electron chi connectivity index (χ2n) is 8.54. The summed E-state index contributed by atoms with van der Waals surface area (Å²) in [7, 11) is -1.91. The van der Waals surface area contributed by atoms with Gasteiger partial charge in [0.25, 0.3) is 10.2 Å². The molecule has 0 bridgehead atoms. The van der Waals surface area contributed by atoms with Crippen molar-refractivity contribution in [3.63, 3.8) is 0 Å². The van der Waals surface area contributed by atoms with E-state index in [1.165, 1.54) is 4.31 Å². The van der Waals surface area contributed by atoms with Crippen LogP contribution in [0.15, 0.2) is 24.3 Å². The van der Waals surface area contributed by atoms with E-state index >= 15 is 0 Å². The first kappa shape index (κ1) is 22.1. The molecule has 2 aliphatic rings. The molecule has 0 aliphatic carbocycles. The zero-order chi connectivity index (χ0) is 21.0. The van der Waals surface area contributed by atoms with Crippen LogP contribution < -0.4 is 10.1 Å². The van der Waals surface area contributed by atoms with Gasteiger partial charge in [0, 0.05) is 32.7 Å². The number of carbonyl (C=O) groups is 1. The summed E-state index contributed by atoms with van der Waals surface area (Å²) >= 11 is 0. The Kier molecular flexibility index (Phi) is 7.19. The summed E-state index contributed by atoms with van der Waals surface area (Å²) in [6, 6.07) is 7.56. The second-order valence-corrected chi connectivity index (χ2v) is 10.5. The molecular formula is C21H33N3O4S. The van der Waals surface area contributed by atoms with Crippen LogP contribution in [-0.4, -0.2) is 56.2 Å². The molecule has 2 fully saturated rings. The van der Waals surface area contributed by atoms with Crippen LogP contribution in [0.1, 0.15) is 38.7 Å². The van der Waals surface area contributed by atoms with Crippen molar-refractivity contribution in [2.24, 2.45) is 17.8 Å². The topological polar surface area (TPSA) is 79.0 Å². The van der Waals surface area contributed by atoms with Crippen molar-refractivity contribution in [2.75, 3.05) is 33.3 Å². The number of hydrogen-bond acceptors (Lipinski definition) is 4. The van der Waals surface area contributed by atoms with Gasteiger partial charge in [-0.25, -0.2) is 0 Å². The van der Waals surface area contributed by atoms with Gasteiger partial charge in [0.2, 0.25) is 5.91 Å². The molecule has 0 spiro atoms. The van der Waals surface area contributed by atoms with Crippen molar-refractivity contribution < 1.29 is 17.9 Å². The Morgan fingerprint density at radius 2 is 1.90 bits per heavy atom. The highest BCUT2D eigenvalue weighted by atomic mass is 32.2. The monoisotopic (exact) mass is 423 g/mol. The molecule has 1 aromatic carbocycles. The number of methoxy groups -OCH3 is 1. The molecule has 162 valence electrons. The molecule has 1 aromatic rings. The molecule has 29 heavy (non-hydrogen) atoms. The Morgan fingerprint density at radius 3 is 2.59 bits per heavy atom. The molecule has 2 aliphatic heterocycles. The number of amides is 1. The van der Waals surface area contributed by atoms with Gasteiger partial charge in [-0.1, -0.05) is 26.0 Å². The summed E-state index contributed by atoms with van der Waals surface area (Å²) in [6.45, 7) is 6.48. The van der Waals surface area contributed by atoms with E-state index in [-0.39, 0.29) is 18.4 Å². The molecule has 7 nitrogen and oxygen atoms in total. The van der Waals surface area contributed by atoms with Crippen molar-refractivity contribution in [3.8, 4) is 5.75 Å². The number of piperidine rings is 2. The van der Waals surface area contributed by atoms with E-state index < -0.39 is 10.2 Å². The molecule has 1 amide bonds. The number of hydrogen-bond donors (Lipinski definition) is 1. The maximum Gasteiger partial charge on any atom is 0.282 e. The summed E-state index contributed by atoms with van der Waals surface area (Å²) in [5.74, 6) is 1.06. The van der Waals surface area contributed by atoms with Crippen molar-refractivity contribution in [2.45, 2.75) is 39.7 Å². The van der Waals surface area contributed by atoms with E-state index in [1.54, 1.807) is 11.4 Å². The lowest BCUT2D eigenvalue weighted by Crippen LogP contribution is -2.53. The fourth-order valence-electron chi connectivity index (χ4n) is 4.44. The van der Waals surface area contributed by atoms with Crippen LogP contribution in [0.5, 0.6) is 5.75 Å². The quantitative estimate of drug-likeness (QED) is 0.761. The van der Waals surface area contributed by atoms with Gasteiger partial charge < -0.3 is 10.1 Å². The first-order valence-electron chi connectivity index (χ1n) is 10.5. The highest BCUT2D eigenvalue weighted by molar-refractivity contribution is 7.86. The molecule has 0 radical (unpaired) electrons. The van der Waals surface area contributed by atoms with E-state index in [2.05, 4.69) is 19.2 Å². The van der Waals surface area contributed by atoms with Crippen LogP contribution in [0.3, 0.4) is 0 Å². The van der Waals surface area contributed by atoms with Crippen LogP contribution in [0.2, 0.25) is 0 Å². The van der Waals surface area contributed by atoms with Crippen LogP contribution in [-0.2, 0) is 21.5 Å². The van der Waals surface area contributed by atoms with Gasteiger partial charge in [-0.3, -0.25) is 4.79 Å². The molecular weight excluding hydrogens is 390 g/mol. The molecule has 8 heteroatoms. The van der Waals surface area contributed by atoms with E-state index in [9.17, 15) is 13.2 Å². The molecule has 0 aromatic heterocycles. The Labute approximate surface area is 174 Å². The Morgan fingerprint density at radius 1 is 1.17 bits per heavy atom. The first-order chi connectivity index (χ1) is 13.8. The summed E-state index contributed by atoms with van der Waals surface area (Å²) in [4.78, 5) is 12.7. The fraction of sp³-hybridized carbons (Fsp3) is 0.667. The minimum Gasteiger partial charge on any atom is -0.497 e. The third-order valence-electron chi connectivity index (χ3n) is 5.84. The van der Waals surface area contributed by atoms with Gasteiger partial charge in [0.15, 0.2) is 0 Å². The molecule has 0 unspecified atom stereocenters. The summed E-state index contributed by atoms with van der Waals surface area (Å²) < 4.78 is 34.6. The van der Waals surface area contributed by atoms with Gasteiger partial charge in [-0.15, -0.1) is 0 Å². The smallest absolute Gasteiger partial charge is 0.282 e. The molecule has 1 N–H and O–H groups in total. The molecule has 3 rings (SSSR count). The fourth-order valence-corrected chi connectivity index (χ4v) is 6.38.